The highest BCUT2D eigenvalue weighted by molar-refractivity contribution is 9.10. The van der Waals surface area contributed by atoms with Gasteiger partial charge in [0.2, 0.25) is 0 Å². The standard InChI is InChI=1S/C21H21BrN4O4S.ClH/c1-31(28,29)19-10-15-18(11-17(19)22)24-12-16(21(23)27)20(15)25-13-2-4-14(5-3-13)26-6-8-30-9-7-26;/h2-5,10-12H,6-9H2,1H3,(H2,23,27)(H,24,25);1H. The number of hydrogen-bond donors (Lipinski definition) is 2. The molecule has 0 saturated carbocycles. The summed E-state index contributed by atoms with van der Waals surface area (Å²) in [6, 6.07) is 10.9. The molecule has 3 aromatic rings. The van der Waals surface area contributed by atoms with Crippen molar-refractivity contribution in [3.63, 3.8) is 0 Å². The first-order chi connectivity index (χ1) is 14.7. The molecule has 0 radical (unpaired) electrons. The lowest BCUT2D eigenvalue weighted by atomic mass is 10.1. The summed E-state index contributed by atoms with van der Waals surface area (Å²) in [4.78, 5) is 18.7. The number of primary amides is 1. The summed E-state index contributed by atoms with van der Waals surface area (Å²) in [6.45, 7) is 3.06. The number of benzene rings is 2. The second kappa shape index (κ2) is 9.62. The van der Waals surface area contributed by atoms with Crippen molar-refractivity contribution < 1.29 is 17.9 Å². The van der Waals surface area contributed by atoms with E-state index in [4.69, 9.17) is 10.5 Å². The molecular formula is C21H22BrClN4O4S. The van der Waals surface area contributed by atoms with E-state index < -0.39 is 15.7 Å². The SMILES string of the molecule is CS(=O)(=O)c1cc2c(Nc3ccc(N4CCOCC4)cc3)c(C(N)=O)cnc2cc1Br.Cl. The molecule has 4 rings (SSSR count). The first-order valence-corrected chi connectivity index (χ1v) is 12.2. The normalized spacial score (nSPS) is 14.1. The molecule has 1 saturated heterocycles. The van der Waals surface area contributed by atoms with Gasteiger partial charge in [0.05, 0.1) is 34.9 Å². The third-order valence-corrected chi connectivity index (χ3v) is 7.15. The number of fused-ring (bicyclic) bond motifs is 1. The fourth-order valence-corrected chi connectivity index (χ4v) is 5.48. The maximum Gasteiger partial charge on any atom is 0.252 e. The van der Waals surface area contributed by atoms with Gasteiger partial charge >= 0.3 is 0 Å². The number of pyridine rings is 1. The number of ether oxygens (including phenoxy) is 1. The number of sulfone groups is 1. The minimum atomic E-state index is -3.50. The van der Waals surface area contributed by atoms with E-state index in [-0.39, 0.29) is 22.9 Å². The van der Waals surface area contributed by atoms with Gasteiger partial charge < -0.3 is 20.7 Å². The fraction of sp³-hybridized carbons (Fsp3) is 0.238. The monoisotopic (exact) mass is 540 g/mol. The van der Waals surface area contributed by atoms with E-state index in [1.807, 2.05) is 24.3 Å². The smallest absolute Gasteiger partial charge is 0.252 e. The maximum absolute atomic E-state index is 12.2. The Kier molecular flexibility index (Phi) is 7.29. The molecule has 8 nitrogen and oxygen atoms in total. The van der Waals surface area contributed by atoms with Crippen molar-refractivity contribution in [1.29, 1.82) is 0 Å². The summed E-state index contributed by atoms with van der Waals surface area (Å²) in [5, 5.41) is 3.71. The molecule has 0 aliphatic carbocycles. The second-order valence-electron chi connectivity index (χ2n) is 7.25. The van der Waals surface area contributed by atoms with Gasteiger partial charge in [-0.05, 0) is 52.3 Å². The number of rotatable bonds is 5. The lowest BCUT2D eigenvalue weighted by Crippen LogP contribution is -2.36. The van der Waals surface area contributed by atoms with Crippen LogP contribution >= 0.6 is 28.3 Å². The van der Waals surface area contributed by atoms with Crippen molar-refractivity contribution in [2.75, 3.05) is 42.8 Å². The topological polar surface area (TPSA) is 115 Å². The molecule has 2 heterocycles. The molecule has 0 unspecified atom stereocenters. The molecule has 0 spiro atoms. The van der Waals surface area contributed by atoms with E-state index in [0.29, 0.717) is 34.3 Å². The van der Waals surface area contributed by atoms with E-state index in [2.05, 4.69) is 31.1 Å². The highest BCUT2D eigenvalue weighted by Gasteiger charge is 2.19. The van der Waals surface area contributed by atoms with Crippen molar-refractivity contribution in [2.45, 2.75) is 4.90 Å². The Morgan fingerprint density at radius 1 is 1.19 bits per heavy atom. The molecule has 1 aliphatic heterocycles. The van der Waals surface area contributed by atoms with Crippen LogP contribution in [0.2, 0.25) is 0 Å². The van der Waals surface area contributed by atoms with Crippen molar-refractivity contribution in [1.82, 2.24) is 4.98 Å². The molecular weight excluding hydrogens is 520 g/mol. The zero-order chi connectivity index (χ0) is 22.2. The summed E-state index contributed by atoms with van der Waals surface area (Å²) in [5.74, 6) is -0.661. The third kappa shape index (κ3) is 4.98. The quantitative estimate of drug-likeness (QED) is 0.508. The molecule has 1 amide bonds. The predicted molar refractivity (Wildman–Crippen MR) is 131 cm³/mol. The molecule has 1 aliphatic rings. The van der Waals surface area contributed by atoms with Gasteiger partial charge in [0, 0.05) is 46.8 Å². The lowest BCUT2D eigenvalue weighted by Gasteiger charge is -2.29. The van der Waals surface area contributed by atoms with Crippen molar-refractivity contribution in [2.24, 2.45) is 5.73 Å². The third-order valence-electron chi connectivity index (χ3n) is 5.10. The molecule has 0 atom stereocenters. The van der Waals surface area contributed by atoms with Gasteiger partial charge in [0.15, 0.2) is 9.84 Å². The number of nitrogens with zero attached hydrogens (tertiary/aromatic N) is 2. The highest BCUT2D eigenvalue weighted by atomic mass is 79.9. The van der Waals surface area contributed by atoms with Gasteiger partial charge in [-0.25, -0.2) is 8.42 Å². The molecule has 32 heavy (non-hydrogen) atoms. The van der Waals surface area contributed by atoms with Crippen LogP contribution in [0, 0.1) is 0 Å². The summed E-state index contributed by atoms with van der Waals surface area (Å²) < 4.78 is 30.2. The number of carbonyl (C=O) groups is 1. The van der Waals surface area contributed by atoms with Crippen LogP contribution in [0.1, 0.15) is 10.4 Å². The number of halogens is 2. The summed E-state index contributed by atoms with van der Waals surface area (Å²) in [5.41, 5.74) is 8.49. The van der Waals surface area contributed by atoms with Gasteiger partial charge in [-0.2, -0.15) is 0 Å². The van der Waals surface area contributed by atoms with E-state index in [1.54, 1.807) is 6.07 Å². The van der Waals surface area contributed by atoms with Gasteiger partial charge in [-0.3, -0.25) is 9.78 Å². The van der Waals surface area contributed by atoms with Crippen LogP contribution in [-0.4, -0.2) is 51.9 Å². The Morgan fingerprint density at radius 2 is 1.84 bits per heavy atom. The maximum atomic E-state index is 12.2. The van der Waals surface area contributed by atoms with Crippen molar-refractivity contribution in [3.8, 4) is 0 Å². The van der Waals surface area contributed by atoms with E-state index in [9.17, 15) is 13.2 Å². The Bertz CT molecular complexity index is 1260. The Balaban J connectivity index is 0.00000289. The molecule has 0 bridgehead atoms. The number of aromatic nitrogens is 1. The van der Waals surface area contributed by atoms with Crippen molar-refractivity contribution >= 4 is 72.0 Å². The number of nitrogens with two attached hydrogens (primary N) is 1. The van der Waals surface area contributed by atoms with Crippen LogP contribution < -0.4 is 16.0 Å². The van der Waals surface area contributed by atoms with E-state index in [1.165, 1.54) is 12.3 Å². The average Bonchev–Trinajstić information content (AvgIpc) is 2.73. The van der Waals surface area contributed by atoms with Crippen LogP contribution in [0.4, 0.5) is 17.1 Å². The van der Waals surface area contributed by atoms with Crippen LogP contribution in [0.5, 0.6) is 0 Å². The average molecular weight is 542 g/mol. The Hall–Kier alpha value is -2.40. The first kappa shape index (κ1) is 24.2. The van der Waals surface area contributed by atoms with E-state index in [0.717, 1.165) is 30.7 Å². The zero-order valence-electron chi connectivity index (χ0n) is 17.2. The molecule has 1 fully saturated rings. The fourth-order valence-electron chi connectivity index (χ4n) is 3.52. The van der Waals surface area contributed by atoms with Crippen molar-refractivity contribution in [3.05, 3.63) is 52.6 Å². The number of carbonyl (C=O) groups excluding carboxylic acids is 1. The molecule has 11 heteroatoms. The van der Waals surface area contributed by atoms with Crippen LogP contribution in [0.25, 0.3) is 10.9 Å². The number of amides is 1. The van der Waals surface area contributed by atoms with Gasteiger partial charge in [0.1, 0.15) is 0 Å². The van der Waals surface area contributed by atoms with Gasteiger partial charge in [-0.1, -0.05) is 0 Å². The van der Waals surface area contributed by atoms with E-state index >= 15 is 0 Å². The number of anilines is 3. The molecule has 2 aromatic carbocycles. The number of nitrogens with one attached hydrogen (secondary N) is 1. The minimum absolute atomic E-state index is 0. The first-order valence-electron chi connectivity index (χ1n) is 9.56. The lowest BCUT2D eigenvalue weighted by molar-refractivity contribution is 0.100. The van der Waals surface area contributed by atoms with Gasteiger partial charge in [0.25, 0.3) is 5.91 Å². The molecule has 170 valence electrons. The summed E-state index contributed by atoms with van der Waals surface area (Å²) in [7, 11) is -3.50. The Morgan fingerprint density at radius 3 is 2.44 bits per heavy atom. The predicted octanol–water partition coefficient (Wildman–Crippen LogP) is 3.50. The summed E-state index contributed by atoms with van der Waals surface area (Å²) >= 11 is 3.29. The molecule has 1 aromatic heterocycles. The minimum Gasteiger partial charge on any atom is -0.378 e. The largest absolute Gasteiger partial charge is 0.378 e. The molecule has 3 N–H and O–H groups in total. The highest BCUT2D eigenvalue weighted by Crippen LogP contribution is 2.34. The summed E-state index contributed by atoms with van der Waals surface area (Å²) in [6.07, 6.45) is 2.52. The number of morpholine rings is 1. The second-order valence-corrected chi connectivity index (χ2v) is 10.1. The van der Waals surface area contributed by atoms with Crippen LogP contribution in [0.3, 0.4) is 0 Å². The number of hydrogen-bond acceptors (Lipinski definition) is 7. The Labute approximate surface area is 200 Å². The van der Waals surface area contributed by atoms with Gasteiger partial charge in [-0.15, -0.1) is 12.4 Å². The van der Waals surface area contributed by atoms with Crippen LogP contribution in [0.15, 0.2) is 52.0 Å². The van der Waals surface area contributed by atoms with Crippen LogP contribution in [-0.2, 0) is 14.6 Å². The zero-order valence-corrected chi connectivity index (χ0v) is 20.4.